The third kappa shape index (κ3) is 4.37. The van der Waals surface area contributed by atoms with Gasteiger partial charge in [0.1, 0.15) is 5.75 Å². The van der Waals surface area contributed by atoms with Gasteiger partial charge in [0, 0.05) is 45.2 Å². The van der Waals surface area contributed by atoms with E-state index in [4.69, 9.17) is 4.74 Å². The third-order valence-corrected chi connectivity index (χ3v) is 4.17. The molecule has 0 radical (unpaired) electrons. The zero-order valence-electron chi connectivity index (χ0n) is 14.5. The van der Waals surface area contributed by atoms with E-state index < -0.39 is 4.92 Å². The molecule has 0 atom stereocenters. The molecular formula is C16H22N4O5. The van der Waals surface area contributed by atoms with Crippen molar-refractivity contribution >= 4 is 23.3 Å². The first-order valence-electron chi connectivity index (χ1n) is 7.93. The summed E-state index contributed by atoms with van der Waals surface area (Å²) in [5.74, 6) is -0.120. The summed E-state index contributed by atoms with van der Waals surface area (Å²) < 4.78 is 5.15. The summed E-state index contributed by atoms with van der Waals surface area (Å²) in [4.78, 5) is 38.0. The second-order valence-electron chi connectivity index (χ2n) is 6.07. The van der Waals surface area contributed by atoms with Crippen LogP contribution < -0.4 is 10.1 Å². The fraction of sp³-hybridized carbons (Fsp3) is 0.500. The fourth-order valence-electron chi connectivity index (χ4n) is 2.76. The molecule has 0 bridgehead atoms. The molecule has 3 amide bonds. The number of hydrogen-bond acceptors (Lipinski definition) is 5. The lowest BCUT2D eigenvalue weighted by Gasteiger charge is -2.33. The minimum Gasteiger partial charge on any atom is -0.495 e. The number of methoxy groups -OCH3 is 1. The van der Waals surface area contributed by atoms with Crippen molar-refractivity contribution in [2.24, 2.45) is 5.92 Å². The standard InChI is InChI=1S/C16H22N4O5/c1-18(2)16(22)19-8-6-11(7-9-19)15(21)17-13-10-12(20(23)24)4-5-14(13)25-3/h4-5,10-11H,6-9H2,1-3H3,(H,17,21). The normalized spacial score (nSPS) is 14.8. The predicted octanol–water partition coefficient (Wildman–Crippen LogP) is 1.94. The number of piperidine rings is 1. The molecular weight excluding hydrogens is 328 g/mol. The Bertz CT molecular complexity index is 668. The van der Waals surface area contributed by atoms with Crippen LogP contribution in [0.1, 0.15) is 12.8 Å². The van der Waals surface area contributed by atoms with E-state index in [1.807, 2.05) is 0 Å². The molecule has 0 unspecified atom stereocenters. The molecule has 1 aromatic rings. The van der Waals surface area contributed by atoms with Crippen molar-refractivity contribution in [3.8, 4) is 5.75 Å². The molecule has 1 heterocycles. The molecule has 0 saturated carbocycles. The first-order valence-corrected chi connectivity index (χ1v) is 7.93. The van der Waals surface area contributed by atoms with E-state index >= 15 is 0 Å². The highest BCUT2D eigenvalue weighted by molar-refractivity contribution is 5.94. The fourth-order valence-corrected chi connectivity index (χ4v) is 2.76. The van der Waals surface area contributed by atoms with Gasteiger partial charge in [-0.3, -0.25) is 14.9 Å². The average molecular weight is 350 g/mol. The van der Waals surface area contributed by atoms with Crippen LogP contribution in [0.15, 0.2) is 18.2 Å². The molecule has 9 nitrogen and oxygen atoms in total. The number of carbonyl (C=O) groups is 2. The highest BCUT2D eigenvalue weighted by atomic mass is 16.6. The molecule has 2 rings (SSSR count). The van der Waals surface area contributed by atoms with Crippen molar-refractivity contribution in [1.82, 2.24) is 9.80 Å². The summed E-state index contributed by atoms with van der Waals surface area (Å²) >= 11 is 0. The van der Waals surface area contributed by atoms with Crippen molar-refractivity contribution in [3.63, 3.8) is 0 Å². The Labute approximate surface area is 145 Å². The summed E-state index contributed by atoms with van der Waals surface area (Å²) in [5, 5.41) is 13.6. The summed E-state index contributed by atoms with van der Waals surface area (Å²) in [6.07, 6.45) is 1.09. The number of ether oxygens (including phenoxy) is 1. The minimum atomic E-state index is -0.527. The van der Waals surface area contributed by atoms with E-state index in [1.165, 1.54) is 30.2 Å². The van der Waals surface area contributed by atoms with Gasteiger partial charge in [0.25, 0.3) is 5.69 Å². The molecule has 0 aromatic heterocycles. The van der Waals surface area contributed by atoms with Gasteiger partial charge in [-0.2, -0.15) is 0 Å². The number of hydrogen-bond donors (Lipinski definition) is 1. The molecule has 1 N–H and O–H groups in total. The molecule has 25 heavy (non-hydrogen) atoms. The number of nitro groups is 1. The molecule has 0 spiro atoms. The lowest BCUT2D eigenvalue weighted by atomic mass is 9.96. The summed E-state index contributed by atoms with van der Waals surface area (Å²) in [5.41, 5.74) is 0.149. The Morgan fingerprint density at radius 1 is 1.32 bits per heavy atom. The minimum absolute atomic E-state index is 0.0702. The highest BCUT2D eigenvalue weighted by Gasteiger charge is 2.28. The Hall–Kier alpha value is -2.84. The number of anilines is 1. The Balaban J connectivity index is 2.02. The van der Waals surface area contributed by atoms with Gasteiger partial charge in [0.2, 0.25) is 5.91 Å². The molecule has 1 aromatic carbocycles. The molecule has 1 fully saturated rings. The van der Waals surface area contributed by atoms with Gasteiger partial charge in [0.05, 0.1) is 17.7 Å². The number of non-ortho nitro benzene ring substituents is 1. The quantitative estimate of drug-likeness (QED) is 0.660. The van der Waals surface area contributed by atoms with E-state index in [0.29, 0.717) is 31.7 Å². The summed E-state index contributed by atoms with van der Waals surface area (Å²) in [7, 11) is 4.81. The van der Waals surface area contributed by atoms with Crippen LogP contribution in [0, 0.1) is 16.0 Å². The van der Waals surface area contributed by atoms with Gasteiger partial charge in [-0.25, -0.2) is 4.79 Å². The van der Waals surface area contributed by atoms with Gasteiger partial charge < -0.3 is 19.9 Å². The number of likely N-dealkylation sites (tertiary alicyclic amines) is 1. The number of nitrogens with one attached hydrogen (secondary N) is 1. The van der Waals surface area contributed by atoms with E-state index in [2.05, 4.69) is 5.32 Å². The van der Waals surface area contributed by atoms with Gasteiger partial charge in [-0.15, -0.1) is 0 Å². The number of amides is 3. The molecule has 9 heteroatoms. The van der Waals surface area contributed by atoms with Crippen LogP contribution in [-0.2, 0) is 4.79 Å². The van der Waals surface area contributed by atoms with Crippen LogP contribution in [-0.4, -0.2) is 61.0 Å². The third-order valence-electron chi connectivity index (χ3n) is 4.17. The summed E-state index contributed by atoms with van der Waals surface area (Å²) in [6, 6.07) is 3.98. The lowest BCUT2D eigenvalue weighted by Crippen LogP contribution is -2.45. The van der Waals surface area contributed by atoms with E-state index in [1.54, 1.807) is 19.0 Å². The van der Waals surface area contributed by atoms with Crippen molar-refractivity contribution in [1.29, 1.82) is 0 Å². The SMILES string of the molecule is COc1ccc([N+](=O)[O-])cc1NC(=O)C1CCN(C(=O)N(C)C)CC1. The van der Waals surface area contributed by atoms with Crippen LogP contribution >= 0.6 is 0 Å². The number of nitro benzene ring substituents is 1. The molecule has 1 aliphatic rings. The second-order valence-corrected chi connectivity index (χ2v) is 6.07. The van der Waals surface area contributed by atoms with Crippen molar-refractivity contribution in [3.05, 3.63) is 28.3 Å². The van der Waals surface area contributed by atoms with Crippen LogP contribution in [0.25, 0.3) is 0 Å². The number of nitrogens with zero attached hydrogens (tertiary/aromatic N) is 3. The van der Waals surface area contributed by atoms with Crippen molar-refractivity contribution in [2.75, 3.05) is 39.6 Å². The maximum absolute atomic E-state index is 12.5. The van der Waals surface area contributed by atoms with E-state index in [9.17, 15) is 19.7 Å². The topological polar surface area (TPSA) is 105 Å². The number of carbonyl (C=O) groups excluding carboxylic acids is 2. The summed E-state index contributed by atoms with van der Waals surface area (Å²) in [6.45, 7) is 1.00. The zero-order chi connectivity index (χ0) is 18.6. The maximum Gasteiger partial charge on any atom is 0.319 e. The number of benzene rings is 1. The lowest BCUT2D eigenvalue weighted by molar-refractivity contribution is -0.384. The highest BCUT2D eigenvalue weighted by Crippen LogP contribution is 2.30. The van der Waals surface area contributed by atoms with E-state index in [-0.39, 0.29) is 29.2 Å². The van der Waals surface area contributed by atoms with Crippen LogP contribution in [0.3, 0.4) is 0 Å². The maximum atomic E-state index is 12.5. The average Bonchev–Trinajstić information content (AvgIpc) is 2.60. The Kier molecular flexibility index (Phi) is 5.79. The van der Waals surface area contributed by atoms with Crippen LogP contribution in [0.2, 0.25) is 0 Å². The van der Waals surface area contributed by atoms with Gasteiger partial charge in [0.15, 0.2) is 0 Å². The van der Waals surface area contributed by atoms with E-state index in [0.717, 1.165) is 0 Å². The predicted molar refractivity (Wildman–Crippen MR) is 91.7 cm³/mol. The van der Waals surface area contributed by atoms with Crippen molar-refractivity contribution in [2.45, 2.75) is 12.8 Å². The Morgan fingerprint density at radius 3 is 2.48 bits per heavy atom. The number of urea groups is 1. The first-order chi connectivity index (χ1) is 11.8. The van der Waals surface area contributed by atoms with Gasteiger partial charge in [-0.05, 0) is 18.9 Å². The second kappa shape index (κ2) is 7.82. The molecule has 136 valence electrons. The molecule has 1 saturated heterocycles. The van der Waals surface area contributed by atoms with Crippen molar-refractivity contribution < 1.29 is 19.2 Å². The Morgan fingerprint density at radius 2 is 1.96 bits per heavy atom. The first kappa shape index (κ1) is 18.5. The monoisotopic (exact) mass is 350 g/mol. The van der Waals surface area contributed by atoms with Crippen LogP contribution in [0.4, 0.5) is 16.2 Å². The van der Waals surface area contributed by atoms with Gasteiger partial charge >= 0.3 is 6.03 Å². The molecule has 1 aliphatic heterocycles. The van der Waals surface area contributed by atoms with Crippen LogP contribution in [0.5, 0.6) is 5.75 Å². The van der Waals surface area contributed by atoms with Gasteiger partial charge in [-0.1, -0.05) is 0 Å². The number of rotatable bonds is 4. The smallest absolute Gasteiger partial charge is 0.319 e. The zero-order valence-corrected chi connectivity index (χ0v) is 14.5. The molecule has 0 aliphatic carbocycles. The largest absolute Gasteiger partial charge is 0.495 e.